The van der Waals surface area contributed by atoms with E-state index in [1.807, 2.05) is 30.3 Å². The molecule has 0 spiro atoms. The standard InChI is InChI=1S/C29H41N3O7/c1-5-7-14-36-19-29-16-23(33)30(4)24(25(29)38-15-8-6-2)27(39-29)31-17-21(3)26(34)32(28(31)35)20-37-18-22-12-10-9-11-13-22/h9-13,17,24-25,27H,5-8,14-16,18-20H2,1-4H3/t24-,25?,27+,29+/m0/s1. The molecule has 2 saturated heterocycles. The van der Waals surface area contributed by atoms with Gasteiger partial charge in [-0.1, -0.05) is 57.0 Å². The summed E-state index contributed by atoms with van der Waals surface area (Å²) in [5, 5.41) is 0. The second-order valence-electron chi connectivity index (χ2n) is 10.5. The van der Waals surface area contributed by atoms with Crippen LogP contribution in [-0.2, 0) is 37.1 Å². The molecule has 39 heavy (non-hydrogen) atoms. The first kappa shape index (κ1) is 29.2. The molecule has 10 nitrogen and oxygen atoms in total. The van der Waals surface area contributed by atoms with Gasteiger partial charge in [-0.25, -0.2) is 9.36 Å². The van der Waals surface area contributed by atoms with E-state index in [0.29, 0.717) is 18.8 Å². The van der Waals surface area contributed by atoms with Crippen molar-refractivity contribution in [3.63, 3.8) is 0 Å². The normalized spacial score (nSPS) is 24.5. The predicted molar refractivity (Wildman–Crippen MR) is 145 cm³/mol. The first-order chi connectivity index (χ1) is 18.8. The highest BCUT2D eigenvalue weighted by Crippen LogP contribution is 2.47. The highest BCUT2D eigenvalue weighted by molar-refractivity contribution is 5.79. The minimum absolute atomic E-state index is 0.0903. The van der Waals surface area contributed by atoms with Crippen molar-refractivity contribution in [2.45, 2.75) is 90.2 Å². The maximum absolute atomic E-state index is 13.7. The van der Waals surface area contributed by atoms with Gasteiger partial charge < -0.3 is 23.8 Å². The average Bonchev–Trinajstić information content (AvgIpc) is 3.18. The largest absolute Gasteiger partial charge is 0.378 e. The van der Waals surface area contributed by atoms with Gasteiger partial charge in [-0.15, -0.1) is 0 Å². The fourth-order valence-electron chi connectivity index (χ4n) is 5.29. The smallest absolute Gasteiger partial charge is 0.335 e. The molecule has 2 bridgehead atoms. The summed E-state index contributed by atoms with van der Waals surface area (Å²) in [4.78, 5) is 41.4. The van der Waals surface area contributed by atoms with E-state index in [1.54, 1.807) is 18.9 Å². The predicted octanol–water partition coefficient (Wildman–Crippen LogP) is 2.99. The van der Waals surface area contributed by atoms with E-state index in [-0.39, 0.29) is 32.3 Å². The summed E-state index contributed by atoms with van der Waals surface area (Å²) >= 11 is 0. The molecule has 1 amide bonds. The number of likely N-dealkylation sites (tertiary alicyclic amines) is 1. The summed E-state index contributed by atoms with van der Waals surface area (Å²) in [5.74, 6) is -0.0961. The Morgan fingerprint density at radius 2 is 1.74 bits per heavy atom. The Hall–Kier alpha value is -2.79. The third-order valence-electron chi connectivity index (χ3n) is 7.52. The summed E-state index contributed by atoms with van der Waals surface area (Å²) in [6.45, 7) is 7.11. The number of rotatable bonds is 14. The van der Waals surface area contributed by atoms with Crippen LogP contribution < -0.4 is 11.2 Å². The third kappa shape index (κ3) is 6.19. The summed E-state index contributed by atoms with van der Waals surface area (Å²) in [7, 11) is 1.71. The molecule has 0 saturated carbocycles. The topological polar surface area (TPSA) is 101 Å². The quantitative estimate of drug-likeness (QED) is 0.338. The molecule has 0 N–H and O–H groups in total. The van der Waals surface area contributed by atoms with Gasteiger partial charge in [-0.3, -0.25) is 14.2 Å². The highest BCUT2D eigenvalue weighted by Gasteiger charge is 2.63. The van der Waals surface area contributed by atoms with Crippen LogP contribution in [0.15, 0.2) is 46.1 Å². The van der Waals surface area contributed by atoms with Gasteiger partial charge in [-0.2, -0.15) is 0 Å². The molecule has 2 aliphatic rings. The maximum Gasteiger partial charge on any atom is 0.335 e. The van der Waals surface area contributed by atoms with Crippen molar-refractivity contribution < 1.29 is 23.7 Å². The Kier molecular flexibility index (Phi) is 9.76. The summed E-state index contributed by atoms with van der Waals surface area (Å²) in [6, 6.07) is 8.98. The van der Waals surface area contributed by atoms with Crippen LogP contribution in [0.5, 0.6) is 0 Å². The first-order valence-corrected chi connectivity index (χ1v) is 13.9. The van der Waals surface area contributed by atoms with Gasteiger partial charge >= 0.3 is 5.69 Å². The molecule has 4 atom stereocenters. The summed E-state index contributed by atoms with van der Waals surface area (Å²) < 4.78 is 27.2. The number of unbranched alkanes of at least 4 members (excludes halogenated alkanes) is 2. The van der Waals surface area contributed by atoms with E-state index in [2.05, 4.69) is 13.8 Å². The maximum atomic E-state index is 13.7. The average molecular weight is 544 g/mol. The van der Waals surface area contributed by atoms with E-state index >= 15 is 0 Å². The molecule has 4 rings (SSSR count). The lowest BCUT2D eigenvalue weighted by Gasteiger charge is -2.42. The molecular weight excluding hydrogens is 502 g/mol. The number of hydrogen-bond acceptors (Lipinski definition) is 7. The van der Waals surface area contributed by atoms with Gasteiger partial charge in [0.05, 0.1) is 19.6 Å². The fourth-order valence-corrected chi connectivity index (χ4v) is 5.29. The summed E-state index contributed by atoms with van der Waals surface area (Å²) in [6.07, 6.45) is 3.97. The second kappa shape index (κ2) is 13.0. The number of carbonyl (C=O) groups excluding carboxylic acids is 1. The molecule has 10 heteroatoms. The van der Waals surface area contributed by atoms with Crippen LogP contribution in [0.4, 0.5) is 0 Å². The van der Waals surface area contributed by atoms with E-state index in [4.69, 9.17) is 18.9 Å². The number of benzene rings is 1. The zero-order valence-corrected chi connectivity index (χ0v) is 23.5. The van der Waals surface area contributed by atoms with Crippen LogP contribution in [0.1, 0.15) is 63.3 Å². The van der Waals surface area contributed by atoms with Gasteiger partial charge in [0.25, 0.3) is 5.56 Å². The SMILES string of the molecule is CCCCOC[C@]12CC(=O)N(C)[C@@H](C1OCCCC)[C@H](n1cc(C)c(=O)n(COCc3ccccc3)c1=O)O2. The number of nitrogens with zero attached hydrogens (tertiary/aromatic N) is 3. The highest BCUT2D eigenvalue weighted by atomic mass is 16.6. The van der Waals surface area contributed by atoms with Gasteiger partial charge in [0, 0.05) is 32.0 Å². The molecule has 2 aliphatic heterocycles. The van der Waals surface area contributed by atoms with E-state index in [0.717, 1.165) is 35.8 Å². The van der Waals surface area contributed by atoms with Gasteiger partial charge in [0.2, 0.25) is 5.91 Å². The van der Waals surface area contributed by atoms with Crippen molar-refractivity contribution in [3.8, 4) is 0 Å². The molecule has 1 unspecified atom stereocenters. The number of aryl methyl sites for hydroxylation is 1. The van der Waals surface area contributed by atoms with Crippen LogP contribution >= 0.6 is 0 Å². The molecular formula is C29H41N3O7. The Morgan fingerprint density at radius 1 is 1.03 bits per heavy atom. The molecule has 0 aliphatic carbocycles. The summed E-state index contributed by atoms with van der Waals surface area (Å²) in [5.41, 5.74) is -0.717. The number of aromatic nitrogens is 2. The minimum Gasteiger partial charge on any atom is -0.378 e. The van der Waals surface area contributed by atoms with Crippen LogP contribution in [0.25, 0.3) is 0 Å². The van der Waals surface area contributed by atoms with Crippen molar-refractivity contribution in [2.24, 2.45) is 0 Å². The number of fused-ring (bicyclic) bond motifs is 2. The zero-order chi connectivity index (χ0) is 28.0. The van der Waals surface area contributed by atoms with Crippen molar-refractivity contribution in [3.05, 3.63) is 68.5 Å². The van der Waals surface area contributed by atoms with Crippen LogP contribution in [-0.4, -0.2) is 64.6 Å². The molecule has 214 valence electrons. The Bertz CT molecular complexity index is 1230. The first-order valence-electron chi connectivity index (χ1n) is 13.9. The van der Waals surface area contributed by atoms with E-state index in [1.165, 1.54) is 10.8 Å². The van der Waals surface area contributed by atoms with Crippen molar-refractivity contribution in [1.82, 2.24) is 14.0 Å². The number of hydrogen-bond donors (Lipinski definition) is 0. The number of piperidine rings is 1. The number of carbonyl (C=O) groups is 1. The Labute approximate surface area is 229 Å². The van der Waals surface area contributed by atoms with Crippen LogP contribution in [0.3, 0.4) is 0 Å². The molecule has 3 heterocycles. The molecule has 1 aromatic heterocycles. The lowest BCUT2D eigenvalue weighted by atomic mass is 9.85. The lowest BCUT2D eigenvalue weighted by Crippen LogP contribution is -2.61. The lowest BCUT2D eigenvalue weighted by molar-refractivity contribution is -0.173. The fraction of sp³-hybridized carbons (Fsp3) is 0.621. The second-order valence-corrected chi connectivity index (χ2v) is 10.5. The van der Waals surface area contributed by atoms with Crippen molar-refractivity contribution in [2.75, 3.05) is 26.9 Å². The molecule has 2 aromatic rings. The molecule has 2 fully saturated rings. The zero-order valence-electron chi connectivity index (χ0n) is 23.5. The van der Waals surface area contributed by atoms with Crippen molar-refractivity contribution >= 4 is 5.91 Å². The number of amides is 1. The third-order valence-corrected chi connectivity index (χ3v) is 7.52. The van der Waals surface area contributed by atoms with E-state index < -0.39 is 35.2 Å². The molecule has 1 aromatic carbocycles. The Balaban J connectivity index is 1.67. The van der Waals surface area contributed by atoms with Crippen molar-refractivity contribution in [1.29, 1.82) is 0 Å². The minimum atomic E-state index is -1.03. The Morgan fingerprint density at radius 3 is 2.46 bits per heavy atom. The van der Waals surface area contributed by atoms with Gasteiger partial charge in [0.1, 0.15) is 24.5 Å². The number of ether oxygens (including phenoxy) is 4. The van der Waals surface area contributed by atoms with Gasteiger partial charge in [-0.05, 0) is 25.3 Å². The molecule has 0 radical (unpaired) electrons. The van der Waals surface area contributed by atoms with E-state index in [9.17, 15) is 14.4 Å². The van der Waals surface area contributed by atoms with Crippen LogP contribution in [0.2, 0.25) is 0 Å². The number of likely N-dealkylation sites (N-methyl/N-ethyl adjacent to an activating group) is 1. The van der Waals surface area contributed by atoms with Crippen LogP contribution in [0, 0.1) is 6.92 Å². The monoisotopic (exact) mass is 543 g/mol. The van der Waals surface area contributed by atoms with Gasteiger partial charge in [0.15, 0.2) is 6.23 Å².